The molecule has 0 aliphatic heterocycles. The largest absolute Gasteiger partial charge is 0.257 e. The van der Waals surface area contributed by atoms with Gasteiger partial charge in [0.1, 0.15) is 0 Å². The van der Waals surface area contributed by atoms with Crippen LogP contribution in [0.5, 0.6) is 0 Å². The molecule has 0 atom stereocenters. The van der Waals surface area contributed by atoms with Crippen molar-refractivity contribution in [3.05, 3.63) is 259 Å². The highest BCUT2D eigenvalue weighted by molar-refractivity contribution is 7.80. The zero-order valence-electron chi connectivity index (χ0n) is 33.3. The van der Waals surface area contributed by atoms with Gasteiger partial charge in [-0.1, -0.05) is 212 Å². The number of thiol groups is 2. The van der Waals surface area contributed by atoms with Crippen LogP contribution in [0.3, 0.4) is 0 Å². The fourth-order valence-corrected chi connectivity index (χ4v) is 20.2. The summed E-state index contributed by atoms with van der Waals surface area (Å²) in [6, 6.07) is 86.5. The molecule has 0 amide bonds. The van der Waals surface area contributed by atoms with Crippen molar-refractivity contribution in [3.63, 3.8) is 0 Å². The van der Waals surface area contributed by atoms with Gasteiger partial charge in [0.2, 0.25) is 0 Å². The molecule has 9 rings (SSSR count). The number of benzene rings is 8. The predicted octanol–water partition coefficient (Wildman–Crippen LogP) is 7.60. The highest BCUT2D eigenvalue weighted by Crippen LogP contribution is 2.23. The molecule has 0 aliphatic carbocycles. The van der Waals surface area contributed by atoms with Crippen LogP contribution in [-0.4, -0.2) is 21.1 Å². The molecule has 0 saturated carbocycles. The van der Waals surface area contributed by atoms with Gasteiger partial charge in [0.15, 0.2) is 16.1 Å². The van der Waals surface area contributed by atoms with Crippen molar-refractivity contribution in [2.75, 3.05) is 0 Å². The minimum atomic E-state index is -2.82. The van der Waals surface area contributed by atoms with Gasteiger partial charge >= 0.3 is 0 Å². The average molecular weight is 840 g/mol. The molecule has 0 unspecified atom stereocenters. The molecular formula is C55H45NS2Si2. The summed E-state index contributed by atoms with van der Waals surface area (Å²) in [5.41, 5.74) is 4.46. The smallest absolute Gasteiger partial charge is 0.179 e. The molecule has 0 spiro atoms. The van der Waals surface area contributed by atoms with Gasteiger partial charge in [-0.2, -0.15) is 0 Å². The van der Waals surface area contributed by atoms with Gasteiger partial charge in [0.25, 0.3) is 0 Å². The Morgan fingerprint density at radius 2 is 0.533 bits per heavy atom. The number of hydrogen-bond acceptors (Lipinski definition) is 3. The van der Waals surface area contributed by atoms with E-state index in [-0.39, 0.29) is 0 Å². The Balaban J connectivity index is 1.19. The van der Waals surface area contributed by atoms with Gasteiger partial charge in [0, 0.05) is 34.0 Å². The summed E-state index contributed by atoms with van der Waals surface area (Å²) in [5.74, 6) is 0. The molecule has 0 fully saturated rings. The zero-order valence-corrected chi connectivity index (χ0v) is 37.1. The van der Waals surface area contributed by atoms with Crippen LogP contribution in [0, 0.1) is 0 Å². The summed E-state index contributed by atoms with van der Waals surface area (Å²) in [6.07, 6.45) is 1.30. The molecule has 0 N–H and O–H groups in total. The Morgan fingerprint density at radius 1 is 0.283 bits per heavy atom. The summed E-state index contributed by atoms with van der Waals surface area (Å²) < 4.78 is 0. The van der Waals surface area contributed by atoms with Crippen LogP contribution in [0.1, 0.15) is 22.5 Å². The van der Waals surface area contributed by atoms with Crippen molar-refractivity contribution >= 4 is 82.9 Å². The SMILES string of the molecule is Sc1cccc([Si](c2ccccc2)(c2ccccc2)c2ccccc2)c1Cc1cccc(Cc2c(S)cccc2[Si](c2ccccc2)(c2ccccc2)c2ccccc2)n1. The van der Waals surface area contributed by atoms with E-state index in [2.05, 4.69) is 237 Å². The molecule has 0 bridgehead atoms. The van der Waals surface area contributed by atoms with Crippen molar-refractivity contribution in [3.8, 4) is 0 Å². The van der Waals surface area contributed by atoms with Gasteiger partial charge in [-0.3, -0.25) is 4.98 Å². The number of aromatic nitrogens is 1. The summed E-state index contributed by atoms with van der Waals surface area (Å²) in [6.45, 7) is 0. The quantitative estimate of drug-likeness (QED) is 0.0736. The molecule has 1 nitrogen and oxygen atoms in total. The maximum Gasteiger partial charge on any atom is 0.179 e. The number of hydrogen-bond donors (Lipinski definition) is 2. The van der Waals surface area contributed by atoms with Crippen LogP contribution < -0.4 is 41.5 Å². The summed E-state index contributed by atoms with van der Waals surface area (Å²) >= 11 is 10.4. The maximum atomic E-state index is 5.49. The third-order valence-electron chi connectivity index (χ3n) is 11.9. The van der Waals surface area contributed by atoms with Crippen molar-refractivity contribution in [1.82, 2.24) is 4.98 Å². The van der Waals surface area contributed by atoms with Gasteiger partial charge in [-0.25, -0.2) is 0 Å². The minimum absolute atomic E-state index is 0.649. The number of pyridine rings is 1. The van der Waals surface area contributed by atoms with Gasteiger partial charge in [-0.15, -0.1) is 25.3 Å². The number of nitrogens with zero attached hydrogens (tertiary/aromatic N) is 1. The van der Waals surface area contributed by atoms with Crippen LogP contribution in [0.25, 0.3) is 0 Å². The molecule has 0 radical (unpaired) electrons. The Labute approximate surface area is 367 Å². The first-order valence-electron chi connectivity index (χ1n) is 20.5. The monoisotopic (exact) mass is 839 g/mol. The molecule has 9 aromatic rings. The fourth-order valence-electron chi connectivity index (χ4n) is 9.37. The van der Waals surface area contributed by atoms with E-state index in [9.17, 15) is 0 Å². The maximum absolute atomic E-state index is 5.49. The summed E-state index contributed by atoms with van der Waals surface area (Å²) in [7, 11) is -5.64. The summed E-state index contributed by atoms with van der Waals surface area (Å²) in [4.78, 5) is 7.45. The molecule has 60 heavy (non-hydrogen) atoms. The Kier molecular flexibility index (Phi) is 11.7. The van der Waals surface area contributed by atoms with E-state index in [1.54, 1.807) is 0 Å². The second-order valence-corrected chi connectivity index (χ2v) is 23.8. The van der Waals surface area contributed by atoms with Crippen molar-refractivity contribution in [2.45, 2.75) is 22.6 Å². The Bertz CT molecular complexity index is 2430. The molecule has 0 aliphatic rings. The van der Waals surface area contributed by atoms with Gasteiger partial charge in [0.05, 0.1) is 0 Å². The Morgan fingerprint density at radius 3 is 0.800 bits per heavy atom. The molecule has 1 aromatic heterocycles. The molecule has 5 heteroatoms. The third kappa shape index (κ3) is 7.33. The second-order valence-electron chi connectivity index (χ2n) is 15.3. The lowest BCUT2D eigenvalue weighted by molar-refractivity contribution is 0.976. The number of rotatable bonds is 12. The van der Waals surface area contributed by atoms with Crippen LogP contribution in [0.4, 0.5) is 0 Å². The van der Waals surface area contributed by atoms with Crippen molar-refractivity contribution in [2.24, 2.45) is 0 Å². The predicted molar refractivity (Wildman–Crippen MR) is 264 cm³/mol. The van der Waals surface area contributed by atoms with Gasteiger partial charge in [-0.05, 0) is 76.9 Å². The van der Waals surface area contributed by atoms with Crippen LogP contribution in [0.2, 0.25) is 0 Å². The zero-order chi connectivity index (χ0) is 40.8. The first-order valence-corrected chi connectivity index (χ1v) is 25.4. The minimum Gasteiger partial charge on any atom is -0.257 e. The molecule has 290 valence electrons. The normalized spacial score (nSPS) is 11.6. The summed E-state index contributed by atoms with van der Waals surface area (Å²) in [5, 5.41) is 10.7. The van der Waals surface area contributed by atoms with Crippen LogP contribution in [0.15, 0.2) is 246 Å². The highest BCUT2D eigenvalue weighted by Gasteiger charge is 2.44. The van der Waals surface area contributed by atoms with E-state index in [4.69, 9.17) is 30.2 Å². The first-order chi connectivity index (χ1) is 29.6. The van der Waals surface area contributed by atoms with Gasteiger partial charge < -0.3 is 0 Å². The molecule has 1 heterocycles. The molecular weight excluding hydrogens is 795 g/mol. The van der Waals surface area contributed by atoms with Crippen LogP contribution >= 0.6 is 25.3 Å². The fraction of sp³-hybridized carbons (Fsp3) is 0.0364. The lowest BCUT2D eigenvalue weighted by atomic mass is 10.1. The third-order valence-corrected chi connectivity index (χ3v) is 22.5. The topological polar surface area (TPSA) is 12.9 Å². The van der Waals surface area contributed by atoms with E-state index in [0.717, 1.165) is 21.2 Å². The lowest BCUT2D eigenvalue weighted by Crippen LogP contribution is -2.75. The van der Waals surface area contributed by atoms with E-state index >= 15 is 0 Å². The highest BCUT2D eigenvalue weighted by atomic mass is 32.1. The standard InChI is InChI=1S/C55H45NS2Si2/c57-52-36-20-38-54(59(44-24-7-1-8-25-44,45-26-9-2-10-27-45)46-28-11-3-12-29-46)50(52)40-42-22-19-23-43(56-42)41-51-53(58)37-21-39-55(51)60(47-30-13-4-14-31-47,48-32-15-5-16-33-48)49-34-17-6-18-35-49/h1-39,57-58H,40-41H2. The Hall–Kier alpha value is -5.96. The van der Waals surface area contributed by atoms with E-state index in [1.165, 1.54) is 52.6 Å². The van der Waals surface area contributed by atoms with Crippen LogP contribution in [-0.2, 0) is 12.8 Å². The van der Waals surface area contributed by atoms with E-state index < -0.39 is 16.1 Å². The molecule has 8 aromatic carbocycles. The average Bonchev–Trinajstić information content (AvgIpc) is 3.31. The van der Waals surface area contributed by atoms with E-state index in [0.29, 0.717) is 12.8 Å². The van der Waals surface area contributed by atoms with Crippen molar-refractivity contribution < 1.29 is 0 Å². The molecule has 0 saturated heterocycles. The second kappa shape index (κ2) is 17.7. The lowest BCUT2D eigenvalue weighted by Gasteiger charge is -2.36. The van der Waals surface area contributed by atoms with Crippen molar-refractivity contribution in [1.29, 1.82) is 0 Å². The first kappa shape index (κ1) is 39.5. The van der Waals surface area contributed by atoms with E-state index in [1.807, 2.05) is 0 Å².